The van der Waals surface area contributed by atoms with E-state index in [1.54, 1.807) is 30.0 Å². The number of benzene rings is 2. The summed E-state index contributed by atoms with van der Waals surface area (Å²) in [6.07, 6.45) is 1.07. The highest BCUT2D eigenvalue weighted by molar-refractivity contribution is 5.97. The Balaban J connectivity index is 1.48. The molecule has 3 amide bonds. The molecule has 7 heteroatoms. The van der Waals surface area contributed by atoms with Crippen molar-refractivity contribution in [1.29, 1.82) is 0 Å². The number of carbonyl (C=O) groups excluding carboxylic acids is 3. The van der Waals surface area contributed by atoms with Crippen LogP contribution in [-0.4, -0.2) is 41.8 Å². The van der Waals surface area contributed by atoms with Crippen molar-refractivity contribution in [2.24, 2.45) is 5.92 Å². The molecule has 0 aliphatic carbocycles. The van der Waals surface area contributed by atoms with Crippen LogP contribution in [0.2, 0.25) is 0 Å². The van der Waals surface area contributed by atoms with Gasteiger partial charge in [0, 0.05) is 24.6 Å². The second kappa shape index (κ2) is 9.32. The number of rotatable bonds is 5. The van der Waals surface area contributed by atoms with Gasteiger partial charge in [-0.3, -0.25) is 14.4 Å². The van der Waals surface area contributed by atoms with Crippen LogP contribution in [-0.2, 0) is 9.59 Å². The summed E-state index contributed by atoms with van der Waals surface area (Å²) in [5.74, 6) is -1.55. The van der Waals surface area contributed by atoms with Gasteiger partial charge in [0.2, 0.25) is 11.8 Å². The van der Waals surface area contributed by atoms with E-state index in [0.29, 0.717) is 31.5 Å². The number of halogens is 1. The maximum absolute atomic E-state index is 13.7. The predicted octanol–water partition coefficient (Wildman–Crippen LogP) is 2.82. The first-order valence-electron chi connectivity index (χ1n) is 9.66. The predicted molar refractivity (Wildman–Crippen MR) is 108 cm³/mol. The Bertz CT molecular complexity index is 880. The van der Waals surface area contributed by atoms with Gasteiger partial charge < -0.3 is 15.5 Å². The zero-order valence-corrected chi connectivity index (χ0v) is 16.2. The molecule has 1 aliphatic rings. The lowest BCUT2D eigenvalue weighted by molar-refractivity contribution is -0.130. The summed E-state index contributed by atoms with van der Waals surface area (Å²) in [6.45, 7) is 2.53. The molecule has 1 atom stereocenters. The number of amides is 3. The van der Waals surface area contributed by atoms with Gasteiger partial charge in [0.15, 0.2) is 0 Å². The molecule has 0 saturated carbocycles. The molecule has 2 N–H and O–H groups in total. The van der Waals surface area contributed by atoms with Crippen LogP contribution in [0.5, 0.6) is 0 Å². The molecule has 1 fully saturated rings. The Labute approximate surface area is 169 Å². The van der Waals surface area contributed by atoms with Crippen LogP contribution in [0.3, 0.4) is 0 Å². The smallest absolute Gasteiger partial charge is 0.253 e. The molecule has 0 spiro atoms. The Morgan fingerprint density at radius 2 is 1.62 bits per heavy atom. The Morgan fingerprint density at radius 3 is 2.28 bits per heavy atom. The molecule has 0 radical (unpaired) electrons. The monoisotopic (exact) mass is 397 g/mol. The number of nitrogens with zero attached hydrogens (tertiary/aromatic N) is 1. The molecule has 3 rings (SSSR count). The van der Waals surface area contributed by atoms with Gasteiger partial charge in [0.25, 0.3) is 5.91 Å². The summed E-state index contributed by atoms with van der Waals surface area (Å²) in [5.41, 5.74) is 0.708. The van der Waals surface area contributed by atoms with Crippen molar-refractivity contribution in [3.63, 3.8) is 0 Å². The molecule has 1 unspecified atom stereocenters. The van der Waals surface area contributed by atoms with Gasteiger partial charge in [0.1, 0.15) is 11.9 Å². The molecular weight excluding hydrogens is 373 g/mol. The second-order valence-electron chi connectivity index (χ2n) is 7.13. The summed E-state index contributed by atoms with van der Waals surface area (Å²) in [4.78, 5) is 39.0. The van der Waals surface area contributed by atoms with Crippen LogP contribution in [0.1, 0.15) is 30.1 Å². The van der Waals surface area contributed by atoms with Crippen LogP contribution in [0.15, 0.2) is 54.6 Å². The third-order valence-electron chi connectivity index (χ3n) is 5.06. The number of nitrogens with one attached hydrogen (secondary N) is 2. The maximum Gasteiger partial charge on any atom is 0.253 e. The minimum absolute atomic E-state index is 0.0397. The highest BCUT2D eigenvalue weighted by Gasteiger charge is 2.29. The molecule has 1 saturated heterocycles. The average molecular weight is 397 g/mol. The molecule has 1 aliphatic heterocycles. The first-order chi connectivity index (χ1) is 14.0. The zero-order valence-electron chi connectivity index (χ0n) is 16.2. The fraction of sp³-hybridized carbons (Fsp3) is 0.318. The van der Waals surface area contributed by atoms with Crippen LogP contribution >= 0.6 is 0 Å². The minimum atomic E-state index is -0.800. The SMILES string of the molecule is CC(NC(=O)C1CCN(C(=O)c2ccccc2)CC1)C(=O)Nc1ccccc1F. The topological polar surface area (TPSA) is 78.5 Å². The number of anilines is 1. The summed E-state index contributed by atoms with van der Waals surface area (Å²) in [6, 6.07) is 14.1. The quantitative estimate of drug-likeness (QED) is 0.814. The third kappa shape index (κ3) is 5.19. The van der Waals surface area contributed by atoms with Crippen molar-refractivity contribution in [3.05, 3.63) is 66.0 Å². The fourth-order valence-corrected chi connectivity index (χ4v) is 3.31. The molecule has 0 aromatic heterocycles. The Kier molecular flexibility index (Phi) is 6.59. The van der Waals surface area contributed by atoms with Crippen molar-refractivity contribution in [1.82, 2.24) is 10.2 Å². The van der Waals surface area contributed by atoms with E-state index in [2.05, 4.69) is 10.6 Å². The molecule has 152 valence electrons. The third-order valence-corrected chi connectivity index (χ3v) is 5.06. The van der Waals surface area contributed by atoms with Gasteiger partial charge >= 0.3 is 0 Å². The summed E-state index contributed by atoms with van der Waals surface area (Å²) >= 11 is 0. The summed E-state index contributed by atoms with van der Waals surface area (Å²) in [5, 5.41) is 5.16. The lowest BCUT2D eigenvalue weighted by Crippen LogP contribution is -2.47. The van der Waals surface area contributed by atoms with Crippen molar-refractivity contribution in [3.8, 4) is 0 Å². The molecule has 6 nitrogen and oxygen atoms in total. The van der Waals surface area contributed by atoms with E-state index in [1.807, 2.05) is 18.2 Å². The van der Waals surface area contributed by atoms with E-state index in [4.69, 9.17) is 0 Å². The van der Waals surface area contributed by atoms with E-state index >= 15 is 0 Å². The van der Waals surface area contributed by atoms with Crippen molar-refractivity contribution in [2.75, 3.05) is 18.4 Å². The van der Waals surface area contributed by atoms with E-state index in [-0.39, 0.29) is 23.4 Å². The van der Waals surface area contributed by atoms with Crippen LogP contribution in [0.25, 0.3) is 0 Å². The first-order valence-corrected chi connectivity index (χ1v) is 9.66. The number of hydrogen-bond donors (Lipinski definition) is 2. The van der Waals surface area contributed by atoms with E-state index in [9.17, 15) is 18.8 Å². The summed E-state index contributed by atoms with van der Waals surface area (Å²) < 4.78 is 13.7. The number of piperidine rings is 1. The number of likely N-dealkylation sites (tertiary alicyclic amines) is 1. The van der Waals surface area contributed by atoms with Gasteiger partial charge in [-0.25, -0.2) is 4.39 Å². The van der Waals surface area contributed by atoms with E-state index in [0.717, 1.165) is 0 Å². The van der Waals surface area contributed by atoms with Crippen LogP contribution in [0.4, 0.5) is 10.1 Å². The number of para-hydroxylation sites is 1. The Hall–Kier alpha value is -3.22. The van der Waals surface area contributed by atoms with E-state index in [1.165, 1.54) is 18.2 Å². The first kappa shape index (κ1) is 20.5. The van der Waals surface area contributed by atoms with Crippen molar-refractivity contribution in [2.45, 2.75) is 25.8 Å². The summed E-state index contributed by atoms with van der Waals surface area (Å²) in [7, 11) is 0. The van der Waals surface area contributed by atoms with Gasteiger partial charge in [-0.15, -0.1) is 0 Å². The highest BCUT2D eigenvalue weighted by atomic mass is 19.1. The van der Waals surface area contributed by atoms with Crippen LogP contribution in [0, 0.1) is 11.7 Å². The molecule has 29 heavy (non-hydrogen) atoms. The van der Waals surface area contributed by atoms with Gasteiger partial charge in [-0.05, 0) is 44.0 Å². The average Bonchev–Trinajstić information content (AvgIpc) is 2.75. The second-order valence-corrected chi connectivity index (χ2v) is 7.13. The van der Waals surface area contributed by atoms with Gasteiger partial charge in [-0.2, -0.15) is 0 Å². The fourth-order valence-electron chi connectivity index (χ4n) is 3.31. The lowest BCUT2D eigenvalue weighted by atomic mass is 9.95. The molecule has 2 aromatic rings. The minimum Gasteiger partial charge on any atom is -0.344 e. The van der Waals surface area contributed by atoms with Gasteiger partial charge in [-0.1, -0.05) is 30.3 Å². The highest BCUT2D eigenvalue weighted by Crippen LogP contribution is 2.20. The largest absolute Gasteiger partial charge is 0.344 e. The van der Waals surface area contributed by atoms with Crippen molar-refractivity contribution < 1.29 is 18.8 Å². The molecule has 0 bridgehead atoms. The van der Waals surface area contributed by atoms with E-state index < -0.39 is 17.8 Å². The van der Waals surface area contributed by atoms with Crippen molar-refractivity contribution >= 4 is 23.4 Å². The number of hydrogen-bond acceptors (Lipinski definition) is 3. The Morgan fingerprint density at radius 1 is 1.00 bits per heavy atom. The standard InChI is InChI=1S/C22H24FN3O3/c1-15(20(27)25-19-10-6-5-9-18(19)23)24-21(28)16-11-13-26(14-12-16)22(29)17-7-3-2-4-8-17/h2-10,15-16H,11-14H2,1H3,(H,24,28)(H,25,27). The van der Waals surface area contributed by atoms with Crippen LogP contribution < -0.4 is 10.6 Å². The molecule has 1 heterocycles. The zero-order chi connectivity index (χ0) is 20.8. The lowest BCUT2D eigenvalue weighted by Gasteiger charge is -2.32. The molecular formula is C22H24FN3O3. The number of carbonyl (C=O) groups is 3. The van der Waals surface area contributed by atoms with Gasteiger partial charge in [0.05, 0.1) is 5.69 Å². The normalized spacial score (nSPS) is 15.4. The molecule has 2 aromatic carbocycles. The maximum atomic E-state index is 13.7.